The van der Waals surface area contributed by atoms with Gasteiger partial charge in [0.15, 0.2) is 0 Å². The van der Waals surface area contributed by atoms with Crippen LogP contribution in [0.2, 0.25) is 0 Å². The molecule has 0 saturated carbocycles. The van der Waals surface area contributed by atoms with E-state index in [2.05, 4.69) is 4.90 Å². The number of carbonyl (C=O) groups excluding carboxylic acids is 1. The van der Waals surface area contributed by atoms with Crippen LogP contribution in [-0.4, -0.2) is 74.4 Å². The minimum Gasteiger partial charge on any atom is -0.497 e. The van der Waals surface area contributed by atoms with Gasteiger partial charge < -0.3 is 19.1 Å². The number of nitrogens with zero attached hydrogens (tertiary/aromatic N) is 2. The highest BCUT2D eigenvalue weighted by molar-refractivity contribution is 5.97. The lowest BCUT2D eigenvalue weighted by molar-refractivity contribution is 0.00995. The van der Waals surface area contributed by atoms with Crippen molar-refractivity contribution in [3.63, 3.8) is 0 Å². The van der Waals surface area contributed by atoms with Gasteiger partial charge in [-0.1, -0.05) is 0 Å². The molecule has 6 nitrogen and oxygen atoms in total. The molecule has 0 atom stereocenters. The van der Waals surface area contributed by atoms with E-state index < -0.39 is 0 Å². The van der Waals surface area contributed by atoms with Gasteiger partial charge in [-0.25, -0.2) is 0 Å². The van der Waals surface area contributed by atoms with Crippen molar-refractivity contribution in [1.82, 2.24) is 9.80 Å². The second-order valence-corrected chi connectivity index (χ2v) is 8.06. The molecule has 6 heteroatoms. The van der Waals surface area contributed by atoms with Crippen LogP contribution in [0.4, 0.5) is 0 Å². The Morgan fingerprint density at radius 1 is 1.04 bits per heavy atom. The van der Waals surface area contributed by atoms with Gasteiger partial charge in [-0.05, 0) is 50.7 Å². The number of likely N-dealkylation sites (tertiary alicyclic amines) is 2. The molecule has 28 heavy (non-hydrogen) atoms. The number of piperidine rings is 1. The highest BCUT2D eigenvalue weighted by atomic mass is 16.5. The molecule has 3 aliphatic rings. The molecule has 0 bridgehead atoms. The molecular formula is C22H32N2O4. The quantitative estimate of drug-likeness (QED) is 0.776. The van der Waals surface area contributed by atoms with Crippen LogP contribution in [-0.2, 0) is 4.74 Å². The smallest absolute Gasteiger partial charge is 0.257 e. The monoisotopic (exact) mass is 388 g/mol. The van der Waals surface area contributed by atoms with Crippen molar-refractivity contribution in [1.29, 1.82) is 0 Å². The van der Waals surface area contributed by atoms with Crippen LogP contribution in [0.1, 0.15) is 48.9 Å². The lowest BCUT2D eigenvalue weighted by Crippen LogP contribution is -2.46. The average Bonchev–Trinajstić information content (AvgIpc) is 3.29. The van der Waals surface area contributed by atoms with E-state index in [1.165, 1.54) is 0 Å². The molecule has 3 heterocycles. The number of hydrogen-bond acceptors (Lipinski definition) is 5. The molecule has 0 spiro atoms. The number of carbonyl (C=O) groups is 1. The van der Waals surface area contributed by atoms with Gasteiger partial charge in [0.1, 0.15) is 17.6 Å². The number of methoxy groups -OCH3 is 1. The summed E-state index contributed by atoms with van der Waals surface area (Å²) in [5.41, 5.74) is 0.662. The van der Waals surface area contributed by atoms with Crippen molar-refractivity contribution < 1.29 is 19.0 Å². The summed E-state index contributed by atoms with van der Waals surface area (Å²) in [4.78, 5) is 17.5. The Labute approximate surface area is 167 Å². The fourth-order valence-electron chi connectivity index (χ4n) is 4.58. The number of amides is 1. The second kappa shape index (κ2) is 9.14. The van der Waals surface area contributed by atoms with Crippen LogP contribution >= 0.6 is 0 Å². The first kappa shape index (κ1) is 19.5. The Morgan fingerprint density at radius 3 is 2.43 bits per heavy atom. The molecule has 3 saturated heterocycles. The third-order valence-corrected chi connectivity index (χ3v) is 6.29. The summed E-state index contributed by atoms with van der Waals surface area (Å²) in [6.45, 7) is 5.55. The zero-order valence-corrected chi connectivity index (χ0v) is 16.9. The number of ether oxygens (including phenoxy) is 3. The first-order valence-electron chi connectivity index (χ1n) is 10.7. The van der Waals surface area contributed by atoms with Gasteiger partial charge in [0.2, 0.25) is 0 Å². The van der Waals surface area contributed by atoms with Crippen molar-refractivity contribution in [2.24, 2.45) is 0 Å². The Kier molecular flexibility index (Phi) is 6.37. The largest absolute Gasteiger partial charge is 0.497 e. The van der Waals surface area contributed by atoms with Gasteiger partial charge in [0, 0.05) is 51.5 Å². The van der Waals surface area contributed by atoms with Crippen LogP contribution in [0.3, 0.4) is 0 Å². The molecule has 0 unspecified atom stereocenters. The maximum Gasteiger partial charge on any atom is 0.257 e. The van der Waals surface area contributed by atoms with E-state index in [1.54, 1.807) is 7.11 Å². The molecule has 0 N–H and O–H groups in total. The van der Waals surface area contributed by atoms with Crippen molar-refractivity contribution in [3.05, 3.63) is 23.8 Å². The summed E-state index contributed by atoms with van der Waals surface area (Å²) < 4.78 is 17.2. The molecule has 0 aromatic heterocycles. The standard InChI is InChI=1S/C22H32N2O4/c1-26-19-4-5-20(22(25)24-10-2-3-11-24)21(16-19)28-18-6-12-23(13-7-18)17-8-14-27-15-9-17/h4-5,16-18H,2-3,6-15H2,1H3. The van der Waals surface area contributed by atoms with E-state index >= 15 is 0 Å². The Morgan fingerprint density at radius 2 is 1.75 bits per heavy atom. The van der Waals surface area contributed by atoms with Gasteiger partial charge in [-0.15, -0.1) is 0 Å². The van der Waals surface area contributed by atoms with Gasteiger partial charge >= 0.3 is 0 Å². The molecule has 3 aliphatic heterocycles. The summed E-state index contributed by atoms with van der Waals surface area (Å²) in [7, 11) is 1.65. The number of hydrogen-bond donors (Lipinski definition) is 0. The van der Waals surface area contributed by atoms with E-state index in [9.17, 15) is 4.79 Å². The summed E-state index contributed by atoms with van der Waals surface area (Å²) in [6, 6.07) is 6.23. The molecule has 1 aromatic rings. The molecule has 1 amide bonds. The zero-order chi connectivity index (χ0) is 19.3. The lowest BCUT2D eigenvalue weighted by atomic mass is 10.0. The predicted molar refractivity (Wildman–Crippen MR) is 107 cm³/mol. The average molecular weight is 389 g/mol. The topological polar surface area (TPSA) is 51.2 Å². The highest BCUT2D eigenvalue weighted by Crippen LogP contribution is 2.30. The van der Waals surface area contributed by atoms with Crippen LogP contribution in [0.5, 0.6) is 11.5 Å². The minimum atomic E-state index is 0.0785. The number of rotatable bonds is 5. The normalized spacial score (nSPS) is 22.4. The third-order valence-electron chi connectivity index (χ3n) is 6.29. The van der Waals surface area contributed by atoms with E-state index in [0.717, 1.165) is 83.7 Å². The van der Waals surface area contributed by atoms with Gasteiger partial charge in [0.25, 0.3) is 5.91 Å². The first-order valence-corrected chi connectivity index (χ1v) is 10.7. The summed E-state index contributed by atoms with van der Waals surface area (Å²) in [6.07, 6.45) is 6.57. The van der Waals surface area contributed by atoms with Crippen LogP contribution in [0.15, 0.2) is 18.2 Å². The molecular weight excluding hydrogens is 356 g/mol. The first-order chi connectivity index (χ1) is 13.7. The van der Waals surface area contributed by atoms with Gasteiger partial charge in [-0.3, -0.25) is 9.69 Å². The van der Waals surface area contributed by atoms with Crippen LogP contribution < -0.4 is 9.47 Å². The fraction of sp³-hybridized carbons (Fsp3) is 0.682. The van der Waals surface area contributed by atoms with Gasteiger partial charge in [0.05, 0.1) is 12.7 Å². The Hall–Kier alpha value is -1.79. The summed E-state index contributed by atoms with van der Waals surface area (Å²) >= 11 is 0. The van der Waals surface area contributed by atoms with E-state index in [-0.39, 0.29) is 12.0 Å². The van der Waals surface area contributed by atoms with Crippen molar-refractivity contribution >= 4 is 5.91 Å². The van der Waals surface area contributed by atoms with Crippen LogP contribution in [0.25, 0.3) is 0 Å². The predicted octanol–water partition coefficient (Wildman–Crippen LogP) is 2.95. The molecule has 4 rings (SSSR count). The van der Waals surface area contributed by atoms with E-state index in [4.69, 9.17) is 14.2 Å². The maximum absolute atomic E-state index is 13.0. The maximum atomic E-state index is 13.0. The molecule has 0 aliphatic carbocycles. The van der Waals surface area contributed by atoms with Gasteiger partial charge in [-0.2, -0.15) is 0 Å². The molecule has 3 fully saturated rings. The van der Waals surface area contributed by atoms with E-state index in [0.29, 0.717) is 17.4 Å². The van der Waals surface area contributed by atoms with Crippen molar-refractivity contribution in [2.45, 2.75) is 50.7 Å². The van der Waals surface area contributed by atoms with E-state index in [1.807, 2.05) is 23.1 Å². The highest BCUT2D eigenvalue weighted by Gasteiger charge is 2.29. The molecule has 1 aromatic carbocycles. The zero-order valence-electron chi connectivity index (χ0n) is 16.9. The SMILES string of the molecule is COc1ccc(C(=O)N2CCCC2)c(OC2CCN(C3CCOCC3)CC2)c1. The molecule has 154 valence electrons. The Bertz CT molecular complexity index is 661. The third kappa shape index (κ3) is 4.44. The van der Waals surface area contributed by atoms with Crippen molar-refractivity contribution in [2.75, 3.05) is 46.5 Å². The second-order valence-electron chi connectivity index (χ2n) is 8.06. The summed E-state index contributed by atoms with van der Waals surface area (Å²) in [5.74, 6) is 1.48. The summed E-state index contributed by atoms with van der Waals surface area (Å²) in [5, 5.41) is 0. The Balaban J connectivity index is 1.41. The minimum absolute atomic E-state index is 0.0785. The van der Waals surface area contributed by atoms with Crippen LogP contribution in [0, 0.1) is 0 Å². The molecule has 0 radical (unpaired) electrons. The van der Waals surface area contributed by atoms with Crippen molar-refractivity contribution in [3.8, 4) is 11.5 Å². The number of benzene rings is 1. The lowest BCUT2D eigenvalue weighted by Gasteiger charge is -2.39. The fourth-order valence-corrected chi connectivity index (χ4v) is 4.58.